The molecule has 0 saturated heterocycles. The molecule has 6 nitrogen and oxygen atoms in total. The van der Waals surface area contributed by atoms with Crippen LogP contribution in [0.15, 0.2) is 30.3 Å². The SMILES string of the molecule is CCOC(=O)[C@H](CC)NC(=O)[C@H](CC(C)C)NC(=O)C(c1ccccc1)C(C)CC. The summed E-state index contributed by atoms with van der Waals surface area (Å²) in [6.45, 7) is 11.9. The minimum absolute atomic E-state index is 0.123. The van der Waals surface area contributed by atoms with Crippen molar-refractivity contribution in [1.82, 2.24) is 10.6 Å². The summed E-state index contributed by atoms with van der Waals surface area (Å²) in [6.07, 6.45) is 1.75. The Hall–Kier alpha value is -2.37. The molecule has 0 radical (unpaired) electrons. The van der Waals surface area contributed by atoms with Crippen LogP contribution in [0.4, 0.5) is 0 Å². The predicted octanol–water partition coefficient (Wildman–Crippen LogP) is 3.81. The maximum Gasteiger partial charge on any atom is 0.328 e. The van der Waals surface area contributed by atoms with Crippen molar-refractivity contribution in [2.45, 2.75) is 78.8 Å². The van der Waals surface area contributed by atoms with Gasteiger partial charge in [-0.2, -0.15) is 0 Å². The van der Waals surface area contributed by atoms with Crippen LogP contribution in [0.1, 0.15) is 72.3 Å². The highest BCUT2D eigenvalue weighted by Gasteiger charge is 2.31. The lowest BCUT2D eigenvalue weighted by atomic mass is 9.84. The third-order valence-electron chi connectivity index (χ3n) is 5.29. The first-order valence-corrected chi connectivity index (χ1v) is 11.1. The van der Waals surface area contributed by atoms with E-state index in [-0.39, 0.29) is 36.2 Å². The molecular formula is C24H38N2O4. The van der Waals surface area contributed by atoms with Crippen molar-refractivity contribution >= 4 is 17.8 Å². The molecule has 0 spiro atoms. The number of amides is 2. The molecule has 2 unspecified atom stereocenters. The van der Waals surface area contributed by atoms with Gasteiger partial charge < -0.3 is 15.4 Å². The molecule has 6 heteroatoms. The van der Waals surface area contributed by atoms with Crippen molar-refractivity contribution in [2.75, 3.05) is 6.61 Å². The highest BCUT2D eigenvalue weighted by molar-refractivity contribution is 5.92. The number of carbonyl (C=O) groups excluding carboxylic acids is 3. The van der Waals surface area contributed by atoms with Gasteiger partial charge in [0.05, 0.1) is 12.5 Å². The second kappa shape index (κ2) is 13.0. The first kappa shape index (κ1) is 25.7. The van der Waals surface area contributed by atoms with Crippen LogP contribution < -0.4 is 10.6 Å². The lowest BCUT2D eigenvalue weighted by Crippen LogP contribution is -2.53. The van der Waals surface area contributed by atoms with E-state index in [0.717, 1.165) is 12.0 Å². The molecule has 1 aromatic carbocycles. The molecule has 1 rings (SSSR count). The second-order valence-corrected chi connectivity index (χ2v) is 8.19. The minimum atomic E-state index is -0.719. The maximum absolute atomic E-state index is 13.2. The number of hydrogen-bond donors (Lipinski definition) is 2. The van der Waals surface area contributed by atoms with Crippen LogP contribution in [-0.4, -0.2) is 36.5 Å². The molecule has 168 valence electrons. The molecule has 4 atom stereocenters. The van der Waals surface area contributed by atoms with Gasteiger partial charge >= 0.3 is 5.97 Å². The van der Waals surface area contributed by atoms with Crippen LogP contribution >= 0.6 is 0 Å². The summed E-state index contributed by atoms with van der Waals surface area (Å²) >= 11 is 0. The fourth-order valence-corrected chi connectivity index (χ4v) is 3.44. The van der Waals surface area contributed by atoms with Gasteiger partial charge in [0.1, 0.15) is 12.1 Å². The molecule has 0 bridgehead atoms. The van der Waals surface area contributed by atoms with Gasteiger partial charge in [-0.1, -0.05) is 71.4 Å². The molecule has 2 amide bonds. The number of rotatable bonds is 12. The number of hydrogen-bond acceptors (Lipinski definition) is 4. The summed E-state index contributed by atoms with van der Waals surface area (Å²) in [7, 11) is 0. The van der Waals surface area contributed by atoms with Crippen molar-refractivity contribution < 1.29 is 19.1 Å². The van der Waals surface area contributed by atoms with E-state index in [1.54, 1.807) is 6.92 Å². The van der Waals surface area contributed by atoms with E-state index in [1.165, 1.54) is 0 Å². The second-order valence-electron chi connectivity index (χ2n) is 8.19. The van der Waals surface area contributed by atoms with Crippen molar-refractivity contribution in [3.63, 3.8) is 0 Å². The number of nitrogens with one attached hydrogen (secondary N) is 2. The van der Waals surface area contributed by atoms with Crippen LogP contribution in [0, 0.1) is 11.8 Å². The Morgan fingerprint density at radius 2 is 1.47 bits per heavy atom. The van der Waals surface area contributed by atoms with Crippen LogP contribution in [0.3, 0.4) is 0 Å². The van der Waals surface area contributed by atoms with Crippen LogP contribution in [0.25, 0.3) is 0 Å². The van der Waals surface area contributed by atoms with Crippen molar-refractivity contribution in [3.8, 4) is 0 Å². The minimum Gasteiger partial charge on any atom is -0.464 e. The molecule has 1 aromatic rings. The van der Waals surface area contributed by atoms with E-state index >= 15 is 0 Å². The summed E-state index contributed by atoms with van der Waals surface area (Å²) in [5, 5.41) is 5.72. The van der Waals surface area contributed by atoms with Crippen LogP contribution in [0.2, 0.25) is 0 Å². The fraction of sp³-hybridized carbons (Fsp3) is 0.625. The monoisotopic (exact) mass is 418 g/mol. The third kappa shape index (κ3) is 7.81. The molecule has 0 aromatic heterocycles. The summed E-state index contributed by atoms with van der Waals surface area (Å²) < 4.78 is 5.04. The van der Waals surface area contributed by atoms with Gasteiger partial charge in [0.2, 0.25) is 11.8 Å². The van der Waals surface area contributed by atoms with Gasteiger partial charge in [-0.05, 0) is 37.2 Å². The molecule has 0 heterocycles. The van der Waals surface area contributed by atoms with Gasteiger partial charge in [-0.15, -0.1) is 0 Å². The van der Waals surface area contributed by atoms with Gasteiger partial charge in [-0.3, -0.25) is 9.59 Å². The molecule has 0 aliphatic carbocycles. The van der Waals surface area contributed by atoms with Crippen LogP contribution in [-0.2, 0) is 19.1 Å². The highest BCUT2D eigenvalue weighted by Crippen LogP contribution is 2.27. The van der Waals surface area contributed by atoms with Gasteiger partial charge in [0.15, 0.2) is 0 Å². The number of carbonyl (C=O) groups is 3. The number of benzene rings is 1. The molecule has 30 heavy (non-hydrogen) atoms. The quantitative estimate of drug-likeness (QED) is 0.506. The zero-order valence-electron chi connectivity index (χ0n) is 19.2. The third-order valence-corrected chi connectivity index (χ3v) is 5.29. The molecule has 0 aliphatic heterocycles. The summed E-state index contributed by atoms with van der Waals surface area (Å²) in [5.74, 6) is -0.996. The van der Waals surface area contributed by atoms with E-state index in [4.69, 9.17) is 4.74 Å². The number of esters is 1. The fourth-order valence-electron chi connectivity index (χ4n) is 3.44. The van der Waals surface area contributed by atoms with Crippen molar-refractivity contribution in [3.05, 3.63) is 35.9 Å². The van der Waals surface area contributed by atoms with E-state index in [9.17, 15) is 14.4 Å². The van der Waals surface area contributed by atoms with Gasteiger partial charge in [-0.25, -0.2) is 4.79 Å². The molecule has 2 N–H and O–H groups in total. The van der Waals surface area contributed by atoms with Gasteiger partial charge in [0.25, 0.3) is 0 Å². The Balaban J connectivity index is 3.02. The van der Waals surface area contributed by atoms with Crippen LogP contribution in [0.5, 0.6) is 0 Å². The maximum atomic E-state index is 13.2. The lowest BCUT2D eigenvalue weighted by molar-refractivity contribution is -0.147. The molecule has 0 aliphatic rings. The van der Waals surface area contributed by atoms with E-state index in [0.29, 0.717) is 12.8 Å². The Kier molecular flexibility index (Phi) is 11.2. The standard InChI is InChI=1S/C24H38N2O4/c1-7-17(6)21(18-13-11-10-12-14-18)23(28)26-20(15-16(4)5)22(27)25-19(8-2)24(29)30-9-3/h10-14,16-17,19-21H,7-9,15H2,1-6H3,(H,25,27)(H,26,28)/t17?,19-,20-,21?/m0/s1. The zero-order valence-corrected chi connectivity index (χ0v) is 19.2. The van der Waals surface area contributed by atoms with Gasteiger partial charge in [0, 0.05) is 0 Å². The molecule has 0 fully saturated rings. The smallest absolute Gasteiger partial charge is 0.328 e. The topological polar surface area (TPSA) is 84.5 Å². The van der Waals surface area contributed by atoms with E-state index < -0.39 is 18.1 Å². The first-order valence-electron chi connectivity index (χ1n) is 11.1. The number of ether oxygens (including phenoxy) is 1. The van der Waals surface area contributed by atoms with Crippen molar-refractivity contribution in [1.29, 1.82) is 0 Å². The zero-order chi connectivity index (χ0) is 22.7. The van der Waals surface area contributed by atoms with E-state index in [2.05, 4.69) is 17.6 Å². The summed E-state index contributed by atoms with van der Waals surface area (Å²) in [4.78, 5) is 38.3. The molecule has 0 saturated carbocycles. The predicted molar refractivity (Wildman–Crippen MR) is 119 cm³/mol. The Morgan fingerprint density at radius 1 is 0.867 bits per heavy atom. The first-order chi connectivity index (χ1) is 14.2. The highest BCUT2D eigenvalue weighted by atomic mass is 16.5. The lowest BCUT2D eigenvalue weighted by Gasteiger charge is -2.27. The van der Waals surface area contributed by atoms with E-state index in [1.807, 2.05) is 58.0 Å². The largest absolute Gasteiger partial charge is 0.464 e. The Morgan fingerprint density at radius 3 is 1.97 bits per heavy atom. The Bertz CT molecular complexity index is 675. The summed E-state index contributed by atoms with van der Waals surface area (Å²) in [6, 6.07) is 8.22. The average molecular weight is 419 g/mol. The normalized spacial score (nSPS) is 15.0. The Labute approximate surface area is 181 Å². The average Bonchev–Trinajstić information content (AvgIpc) is 2.71. The van der Waals surface area contributed by atoms with Crippen molar-refractivity contribution in [2.24, 2.45) is 11.8 Å². The summed E-state index contributed by atoms with van der Waals surface area (Å²) in [5.41, 5.74) is 0.936. The molecular weight excluding hydrogens is 380 g/mol.